The van der Waals surface area contributed by atoms with Gasteiger partial charge in [-0.1, -0.05) is 29.0 Å². The Balaban J connectivity index is 2.16. The summed E-state index contributed by atoms with van der Waals surface area (Å²) in [4.78, 5) is 8.13. The van der Waals surface area contributed by atoms with Crippen LogP contribution < -0.4 is 4.72 Å². The first kappa shape index (κ1) is 14.4. The predicted octanol–water partition coefficient (Wildman–Crippen LogP) is 2.29. The van der Waals surface area contributed by atoms with Crippen LogP contribution in [0.5, 0.6) is 0 Å². The van der Waals surface area contributed by atoms with E-state index in [2.05, 4.69) is 14.7 Å². The first-order valence-corrected chi connectivity index (χ1v) is 8.11. The van der Waals surface area contributed by atoms with Crippen molar-refractivity contribution >= 4 is 33.0 Å². The average Bonchev–Trinajstić information content (AvgIpc) is 2.67. The molecule has 5 nitrogen and oxygen atoms in total. The number of nitrogens with one attached hydrogen (secondary N) is 1. The van der Waals surface area contributed by atoms with Crippen LogP contribution >= 0.6 is 22.9 Å². The van der Waals surface area contributed by atoms with Crippen molar-refractivity contribution in [1.82, 2.24) is 14.7 Å². The average molecular weight is 318 g/mol. The Morgan fingerprint density at radius 3 is 2.63 bits per heavy atom. The lowest BCUT2D eigenvalue weighted by Crippen LogP contribution is -2.23. The molecule has 2 heterocycles. The Labute approximate surface area is 120 Å². The zero-order valence-corrected chi connectivity index (χ0v) is 12.7. The Morgan fingerprint density at radius 1 is 1.32 bits per heavy atom. The highest BCUT2D eigenvalue weighted by molar-refractivity contribution is 7.91. The molecule has 0 atom stereocenters. The number of thiazole rings is 1. The van der Waals surface area contributed by atoms with Crippen molar-refractivity contribution in [3.8, 4) is 0 Å². The highest BCUT2D eigenvalue weighted by atomic mass is 35.5. The number of hydrogen-bond donors (Lipinski definition) is 1. The lowest BCUT2D eigenvalue weighted by Gasteiger charge is -2.05. The van der Waals surface area contributed by atoms with Gasteiger partial charge in [0.15, 0.2) is 8.68 Å². The van der Waals surface area contributed by atoms with Crippen molar-refractivity contribution in [3.05, 3.63) is 39.7 Å². The van der Waals surface area contributed by atoms with Gasteiger partial charge < -0.3 is 0 Å². The number of pyridine rings is 1. The molecule has 0 unspecified atom stereocenters. The SMILES string of the molecule is Cc1cccc(CNS(=O)(=O)c2sc(Cl)nc2C)n1. The molecule has 0 radical (unpaired) electrons. The summed E-state index contributed by atoms with van der Waals surface area (Å²) in [6.45, 7) is 3.60. The Bertz CT molecular complexity index is 698. The summed E-state index contributed by atoms with van der Waals surface area (Å²) in [5.41, 5.74) is 1.91. The zero-order chi connectivity index (χ0) is 14.0. The number of nitrogens with zero attached hydrogens (tertiary/aromatic N) is 2. The van der Waals surface area contributed by atoms with E-state index in [1.54, 1.807) is 13.0 Å². The van der Waals surface area contributed by atoms with E-state index >= 15 is 0 Å². The molecule has 1 N–H and O–H groups in total. The molecule has 102 valence electrons. The summed E-state index contributed by atoms with van der Waals surface area (Å²) in [6, 6.07) is 5.45. The van der Waals surface area contributed by atoms with Crippen LogP contribution in [0.15, 0.2) is 22.4 Å². The van der Waals surface area contributed by atoms with Gasteiger partial charge in [-0.3, -0.25) is 4.98 Å². The lowest BCUT2D eigenvalue weighted by molar-refractivity contribution is 0.581. The van der Waals surface area contributed by atoms with E-state index in [1.807, 2.05) is 19.1 Å². The number of hydrogen-bond acceptors (Lipinski definition) is 5. The molecule has 2 aromatic heterocycles. The molecule has 0 saturated heterocycles. The van der Waals surface area contributed by atoms with Crippen LogP contribution in [0.2, 0.25) is 4.47 Å². The zero-order valence-electron chi connectivity index (χ0n) is 10.3. The van der Waals surface area contributed by atoms with Crippen LogP contribution in [-0.2, 0) is 16.6 Å². The first-order valence-electron chi connectivity index (χ1n) is 5.43. The minimum atomic E-state index is -3.60. The summed E-state index contributed by atoms with van der Waals surface area (Å²) < 4.78 is 27.0. The van der Waals surface area contributed by atoms with Gasteiger partial charge in [-0.05, 0) is 26.0 Å². The third-order valence-corrected chi connectivity index (χ3v) is 5.63. The monoisotopic (exact) mass is 317 g/mol. The summed E-state index contributed by atoms with van der Waals surface area (Å²) in [6.07, 6.45) is 0. The standard InChI is InChI=1S/C11H12ClN3O2S2/c1-7-4-3-5-9(14-7)6-13-19(16,17)10-8(2)15-11(12)18-10/h3-5,13H,6H2,1-2H3. The summed E-state index contributed by atoms with van der Waals surface area (Å²) in [7, 11) is -3.60. The van der Waals surface area contributed by atoms with Gasteiger partial charge in [-0.15, -0.1) is 0 Å². The normalized spacial score (nSPS) is 11.7. The smallest absolute Gasteiger partial charge is 0.252 e. The maximum atomic E-state index is 12.1. The molecule has 8 heteroatoms. The summed E-state index contributed by atoms with van der Waals surface area (Å²) in [5, 5.41) is 0. The van der Waals surface area contributed by atoms with Crippen LogP contribution in [0.3, 0.4) is 0 Å². The van der Waals surface area contributed by atoms with Crippen LogP contribution in [-0.4, -0.2) is 18.4 Å². The molecule has 0 aliphatic heterocycles. The van der Waals surface area contributed by atoms with E-state index < -0.39 is 10.0 Å². The first-order chi connectivity index (χ1) is 8.88. The molecule has 0 bridgehead atoms. The van der Waals surface area contributed by atoms with Crippen molar-refractivity contribution in [2.75, 3.05) is 0 Å². The number of aryl methyl sites for hydroxylation is 2. The number of sulfonamides is 1. The molecular weight excluding hydrogens is 306 g/mol. The maximum Gasteiger partial charge on any atom is 0.252 e. The number of halogens is 1. The van der Waals surface area contributed by atoms with Gasteiger partial charge >= 0.3 is 0 Å². The topological polar surface area (TPSA) is 72.0 Å². The van der Waals surface area contributed by atoms with Gasteiger partial charge in [0.05, 0.1) is 17.9 Å². The molecule has 0 spiro atoms. The molecule has 0 saturated carbocycles. The fourth-order valence-corrected chi connectivity index (χ4v) is 4.31. The van der Waals surface area contributed by atoms with Crippen molar-refractivity contribution in [2.45, 2.75) is 24.6 Å². The van der Waals surface area contributed by atoms with E-state index in [0.717, 1.165) is 17.0 Å². The molecule has 0 fully saturated rings. The summed E-state index contributed by atoms with van der Waals surface area (Å²) >= 11 is 6.66. The van der Waals surface area contributed by atoms with Gasteiger partial charge in [0, 0.05) is 5.69 Å². The quantitative estimate of drug-likeness (QED) is 0.939. The fraction of sp³-hybridized carbons (Fsp3) is 0.273. The second kappa shape index (κ2) is 5.54. The van der Waals surface area contributed by atoms with E-state index in [4.69, 9.17) is 11.6 Å². The van der Waals surface area contributed by atoms with Crippen LogP contribution in [0.25, 0.3) is 0 Å². The molecule has 0 aromatic carbocycles. The van der Waals surface area contributed by atoms with Gasteiger partial charge in [0.2, 0.25) is 0 Å². The fourth-order valence-electron chi connectivity index (χ4n) is 1.53. The molecular formula is C11H12ClN3O2S2. The van der Waals surface area contributed by atoms with Crippen LogP contribution in [0, 0.1) is 13.8 Å². The van der Waals surface area contributed by atoms with Gasteiger partial charge in [0.1, 0.15) is 0 Å². The Morgan fingerprint density at radius 2 is 2.05 bits per heavy atom. The largest absolute Gasteiger partial charge is 0.257 e. The summed E-state index contributed by atoms with van der Waals surface area (Å²) in [5.74, 6) is 0. The van der Waals surface area contributed by atoms with E-state index in [1.165, 1.54) is 0 Å². The highest BCUT2D eigenvalue weighted by Crippen LogP contribution is 2.26. The van der Waals surface area contributed by atoms with Crippen LogP contribution in [0.1, 0.15) is 17.1 Å². The van der Waals surface area contributed by atoms with Crippen molar-refractivity contribution in [2.24, 2.45) is 0 Å². The minimum absolute atomic E-state index is 0.138. The second-order valence-electron chi connectivity index (χ2n) is 3.93. The number of aromatic nitrogens is 2. The molecule has 0 amide bonds. The maximum absolute atomic E-state index is 12.1. The second-order valence-corrected chi connectivity index (χ2v) is 7.48. The molecule has 2 aromatic rings. The lowest BCUT2D eigenvalue weighted by atomic mass is 10.3. The van der Waals surface area contributed by atoms with Crippen LogP contribution in [0.4, 0.5) is 0 Å². The van der Waals surface area contributed by atoms with E-state index in [0.29, 0.717) is 11.4 Å². The van der Waals surface area contributed by atoms with Crippen molar-refractivity contribution in [1.29, 1.82) is 0 Å². The van der Waals surface area contributed by atoms with Gasteiger partial charge in [-0.2, -0.15) is 0 Å². The predicted molar refractivity (Wildman–Crippen MR) is 74.9 cm³/mol. The van der Waals surface area contributed by atoms with Crippen molar-refractivity contribution in [3.63, 3.8) is 0 Å². The van der Waals surface area contributed by atoms with Gasteiger partial charge in [0.25, 0.3) is 10.0 Å². The Kier molecular flexibility index (Phi) is 4.19. The highest BCUT2D eigenvalue weighted by Gasteiger charge is 2.21. The Hall–Kier alpha value is -1.02. The molecule has 0 aliphatic carbocycles. The third-order valence-electron chi connectivity index (χ3n) is 2.36. The third kappa shape index (κ3) is 3.50. The van der Waals surface area contributed by atoms with E-state index in [-0.39, 0.29) is 15.2 Å². The minimum Gasteiger partial charge on any atom is -0.257 e. The number of rotatable bonds is 4. The van der Waals surface area contributed by atoms with Gasteiger partial charge in [-0.25, -0.2) is 18.1 Å². The van der Waals surface area contributed by atoms with E-state index in [9.17, 15) is 8.42 Å². The van der Waals surface area contributed by atoms with Crippen molar-refractivity contribution < 1.29 is 8.42 Å². The molecule has 0 aliphatic rings. The molecule has 19 heavy (non-hydrogen) atoms. The molecule has 2 rings (SSSR count).